The van der Waals surface area contributed by atoms with Crippen LogP contribution in [0, 0.1) is 6.92 Å². The normalized spacial score (nSPS) is 10.3. The van der Waals surface area contributed by atoms with Gasteiger partial charge in [-0.1, -0.05) is 30.7 Å². The minimum atomic E-state index is 0.449. The van der Waals surface area contributed by atoms with Crippen LogP contribution in [-0.2, 0) is 6.42 Å². The van der Waals surface area contributed by atoms with Gasteiger partial charge in [-0.15, -0.1) is 0 Å². The maximum absolute atomic E-state index is 6.00. The predicted octanol–water partition coefficient (Wildman–Crippen LogP) is 3.79. The summed E-state index contributed by atoms with van der Waals surface area (Å²) in [6, 6.07) is 7.80. The Hall–Kier alpha value is -1.61. The molecule has 2 rings (SSSR count). The molecule has 0 fully saturated rings. The average molecular weight is 249 g/mol. The molecule has 0 radical (unpaired) electrons. The molecule has 0 aliphatic heterocycles. The lowest BCUT2D eigenvalue weighted by Crippen LogP contribution is -1.96. The summed E-state index contributed by atoms with van der Waals surface area (Å²) in [4.78, 5) is 8.06. The van der Waals surface area contributed by atoms with E-state index < -0.39 is 0 Å². The van der Waals surface area contributed by atoms with Crippen molar-refractivity contribution in [1.29, 1.82) is 0 Å². The summed E-state index contributed by atoms with van der Waals surface area (Å²) in [5.41, 5.74) is 1.97. The number of hydrogen-bond donors (Lipinski definition) is 0. The molecule has 2 aromatic rings. The van der Waals surface area contributed by atoms with Crippen LogP contribution in [0.1, 0.15) is 18.1 Å². The molecule has 0 aliphatic carbocycles. The number of aryl methyl sites for hydroxylation is 1. The van der Waals surface area contributed by atoms with Crippen molar-refractivity contribution in [3.8, 4) is 11.6 Å². The molecule has 1 aromatic heterocycles. The number of nitrogens with zero attached hydrogens (tertiary/aromatic N) is 2. The minimum Gasteiger partial charge on any atom is -0.439 e. The van der Waals surface area contributed by atoms with Crippen molar-refractivity contribution < 1.29 is 4.74 Å². The van der Waals surface area contributed by atoms with Crippen LogP contribution >= 0.6 is 11.6 Å². The summed E-state index contributed by atoms with van der Waals surface area (Å²) >= 11 is 6.00. The molecule has 0 N–H and O–H groups in total. The second kappa shape index (κ2) is 5.15. The van der Waals surface area contributed by atoms with Crippen LogP contribution in [0.25, 0.3) is 0 Å². The van der Waals surface area contributed by atoms with Gasteiger partial charge in [-0.3, -0.25) is 0 Å². The maximum Gasteiger partial charge on any atom is 0.226 e. The van der Waals surface area contributed by atoms with Crippen LogP contribution in [0.4, 0.5) is 0 Å². The van der Waals surface area contributed by atoms with Gasteiger partial charge >= 0.3 is 0 Å². The highest BCUT2D eigenvalue weighted by atomic mass is 35.5. The zero-order chi connectivity index (χ0) is 12.3. The molecule has 0 saturated heterocycles. The average Bonchev–Trinajstić information content (AvgIpc) is 2.29. The predicted molar refractivity (Wildman–Crippen MR) is 67.7 cm³/mol. The number of benzene rings is 1. The van der Waals surface area contributed by atoms with Gasteiger partial charge in [-0.2, -0.15) is 0 Å². The van der Waals surface area contributed by atoms with E-state index in [1.54, 1.807) is 0 Å². The Morgan fingerprint density at radius 3 is 2.82 bits per heavy atom. The minimum absolute atomic E-state index is 0.449. The van der Waals surface area contributed by atoms with Gasteiger partial charge < -0.3 is 4.74 Å². The molecule has 0 bridgehead atoms. The molecule has 0 saturated carbocycles. The second-order valence-electron chi connectivity index (χ2n) is 3.72. The second-order valence-corrected chi connectivity index (χ2v) is 4.08. The SMILES string of the molecule is CCc1c(Cl)ncnc1Oc1cccc(C)c1. The first-order valence-corrected chi connectivity index (χ1v) is 5.82. The third kappa shape index (κ3) is 2.74. The molecule has 1 aromatic carbocycles. The summed E-state index contributed by atoms with van der Waals surface area (Å²) in [6.45, 7) is 4.01. The van der Waals surface area contributed by atoms with Crippen molar-refractivity contribution in [2.45, 2.75) is 20.3 Å². The van der Waals surface area contributed by atoms with Crippen molar-refractivity contribution in [1.82, 2.24) is 9.97 Å². The van der Waals surface area contributed by atoms with E-state index in [0.717, 1.165) is 23.3 Å². The third-order valence-corrected chi connectivity index (χ3v) is 2.74. The molecular weight excluding hydrogens is 236 g/mol. The first kappa shape index (κ1) is 11.9. The van der Waals surface area contributed by atoms with Crippen molar-refractivity contribution in [2.24, 2.45) is 0 Å². The standard InChI is InChI=1S/C13H13ClN2O/c1-3-11-12(14)15-8-16-13(11)17-10-6-4-5-9(2)7-10/h4-8H,3H2,1-2H3. The zero-order valence-corrected chi connectivity index (χ0v) is 10.5. The van der Waals surface area contributed by atoms with Crippen molar-refractivity contribution in [3.05, 3.63) is 46.9 Å². The van der Waals surface area contributed by atoms with E-state index in [1.807, 2.05) is 38.1 Å². The fraction of sp³-hybridized carbons (Fsp3) is 0.231. The summed E-state index contributed by atoms with van der Waals surface area (Å²) < 4.78 is 5.73. The lowest BCUT2D eigenvalue weighted by molar-refractivity contribution is 0.455. The number of rotatable bonds is 3. The number of hydrogen-bond acceptors (Lipinski definition) is 3. The van der Waals surface area contributed by atoms with Gasteiger partial charge in [0.25, 0.3) is 0 Å². The Kier molecular flexibility index (Phi) is 3.59. The van der Waals surface area contributed by atoms with E-state index in [4.69, 9.17) is 16.3 Å². The van der Waals surface area contributed by atoms with E-state index in [1.165, 1.54) is 6.33 Å². The Morgan fingerprint density at radius 2 is 2.12 bits per heavy atom. The zero-order valence-electron chi connectivity index (χ0n) is 9.77. The van der Waals surface area contributed by atoms with Crippen LogP contribution in [0.5, 0.6) is 11.6 Å². The summed E-state index contributed by atoms with van der Waals surface area (Å²) in [5.74, 6) is 1.28. The Morgan fingerprint density at radius 1 is 1.29 bits per heavy atom. The van der Waals surface area contributed by atoms with Crippen LogP contribution in [-0.4, -0.2) is 9.97 Å². The first-order valence-electron chi connectivity index (χ1n) is 5.44. The molecule has 1 heterocycles. The van der Waals surface area contributed by atoms with Gasteiger partial charge in [-0.25, -0.2) is 9.97 Å². The van der Waals surface area contributed by atoms with E-state index in [0.29, 0.717) is 11.0 Å². The summed E-state index contributed by atoms with van der Waals surface area (Å²) in [7, 11) is 0. The van der Waals surface area contributed by atoms with Gasteiger partial charge in [0.1, 0.15) is 17.2 Å². The van der Waals surface area contributed by atoms with Crippen molar-refractivity contribution in [3.63, 3.8) is 0 Å². The number of aromatic nitrogens is 2. The van der Waals surface area contributed by atoms with Gasteiger partial charge in [0.05, 0.1) is 5.56 Å². The fourth-order valence-corrected chi connectivity index (χ4v) is 1.81. The third-order valence-electron chi connectivity index (χ3n) is 2.41. The fourth-order valence-electron chi connectivity index (χ4n) is 1.55. The molecule has 0 aliphatic rings. The van der Waals surface area contributed by atoms with E-state index >= 15 is 0 Å². The molecule has 88 valence electrons. The molecule has 17 heavy (non-hydrogen) atoms. The lowest BCUT2D eigenvalue weighted by atomic mass is 10.2. The smallest absolute Gasteiger partial charge is 0.226 e. The van der Waals surface area contributed by atoms with Crippen molar-refractivity contribution >= 4 is 11.6 Å². The van der Waals surface area contributed by atoms with Gasteiger partial charge in [0, 0.05) is 0 Å². The van der Waals surface area contributed by atoms with Crippen molar-refractivity contribution in [2.75, 3.05) is 0 Å². The number of ether oxygens (including phenoxy) is 1. The van der Waals surface area contributed by atoms with E-state index in [9.17, 15) is 0 Å². The van der Waals surface area contributed by atoms with Crippen LogP contribution in [0.2, 0.25) is 5.15 Å². The first-order chi connectivity index (χ1) is 8.20. The van der Waals surface area contributed by atoms with E-state index in [-0.39, 0.29) is 0 Å². The van der Waals surface area contributed by atoms with Gasteiger partial charge in [0.15, 0.2) is 0 Å². The van der Waals surface area contributed by atoms with E-state index in [2.05, 4.69) is 9.97 Å². The van der Waals surface area contributed by atoms with Gasteiger partial charge in [0.2, 0.25) is 5.88 Å². The Balaban J connectivity index is 2.33. The Bertz CT molecular complexity index is 529. The highest BCUT2D eigenvalue weighted by Gasteiger charge is 2.09. The molecule has 0 spiro atoms. The molecule has 0 atom stereocenters. The topological polar surface area (TPSA) is 35.0 Å². The molecule has 4 heteroatoms. The molecule has 0 amide bonds. The summed E-state index contributed by atoms with van der Waals surface area (Å²) in [5, 5.41) is 0.449. The quantitative estimate of drug-likeness (QED) is 0.775. The maximum atomic E-state index is 6.00. The monoisotopic (exact) mass is 248 g/mol. The van der Waals surface area contributed by atoms with Crippen LogP contribution in [0.3, 0.4) is 0 Å². The molecule has 3 nitrogen and oxygen atoms in total. The number of halogens is 1. The van der Waals surface area contributed by atoms with Gasteiger partial charge in [-0.05, 0) is 31.0 Å². The van der Waals surface area contributed by atoms with Crippen LogP contribution in [0.15, 0.2) is 30.6 Å². The van der Waals surface area contributed by atoms with Crippen LogP contribution < -0.4 is 4.74 Å². The lowest BCUT2D eigenvalue weighted by Gasteiger charge is -2.09. The highest BCUT2D eigenvalue weighted by Crippen LogP contribution is 2.27. The Labute approximate surface area is 105 Å². The molecule has 0 unspecified atom stereocenters. The highest BCUT2D eigenvalue weighted by molar-refractivity contribution is 6.30. The summed E-state index contributed by atoms with van der Waals surface area (Å²) in [6.07, 6.45) is 2.15. The largest absolute Gasteiger partial charge is 0.439 e. The molecular formula is C13H13ClN2O.